The highest BCUT2D eigenvalue weighted by Gasteiger charge is 2.25. The van der Waals surface area contributed by atoms with Crippen LogP contribution in [0.5, 0.6) is 0 Å². The molecule has 1 amide bonds. The van der Waals surface area contributed by atoms with Crippen LogP contribution in [0.2, 0.25) is 0 Å². The molecule has 24 heavy (non-hydrogen) atoms. The molecule has 0 saturated carbocycles. The zero-order chi connectivity index (χ0) is 16.7. The SMILES string of the molecule is CN(C)C(=O)c1ccc2oc3c(c2c1)CC(Nc1ccsc1)CC3. The van der Waals surface area contributed by atoms with Crippen molar-refractivity contribution in [1.82, 2.24) is 4.90 Å². The maximum Gasteiger partial charge on any atom is 0.253 e. The van der Waals surface area contributed by atoms with Gasteiger partial charge in [-0.05, 0) is 42.5 Å². The number of hydrogen-bond donors (Lipinski definition) is 1. The summed E-state index contributed by atoms with van der Waals surface area (Å²) in [5, 5.41) is 8.91. The van der Waals surface area contributed by atoms with E-state index in [2.05, 4.69) is 22.1 Å². The highest BCUT2D eigenvalue weighted by molar-refractivity contribution is 7.08. The fourth-order valence-electron chi connectivity index (χ4n) is 3.38. The minimum absolute atomic E-state index is 0.0237. The van der Waals surface area contributed by atoms with E-state index in [0.29, 0.717) is 11.6 Å². The molecule has 4 nitrogen and oxygen atoms in total. The number of thiophene rings is 1. The van der Waals surface area contributed by atoms with Crippen LogP contribution >= 0.6 is 11.3 Å². The molecule has 0 radical (unpaired) electrons. The van der Waals surface area contributed by atoms with Crippen LogP contribution < -0.4 is 5.32 Å². The van der Waals surface area contributed by atoms with Gasteiger partial charge in [-0.1, -0.05) is 0 Å². The van der Waals surface area contributed by atoms with E-state index in [1.807, 2.05) is 18.2 Å². The molecule has 0 spiro atoms. The van der Waals surface area contributed by atoms with E-state index in [0.717, 1.165) is 36.0 Å². The molecule has 1 aliphatic carbocycles. The van der Waals surface area contributed by atoms with Crippen LogP contribution in [0.3, 0.4) is 0 Å². The molecule has 3 aromatic rings. The Morgan fingerprint density at radius 3 is 2.96 bits per heavy atom. The zero-order valence-corrected chi connectivity index (χ0v) is 14.7. The first-order chi connectivity index (χ1) is 11.6. The molecule has 1 unspecified atom stereocenters. The average Bonchev–Trinajstić information content (AvgIpc) is 3.21. The molecule has 0 bridgehead atoms. The number of rotatable bonds is 3. The lowest BCUT2D eigenvalue weighted by Crippen LogP contribution is -2.26. The van der Waals surface area contributed by atoms with E-state index in [4.69, 9.17) is 4.42 Å². The van der Waals surface area contributed by atoms with Gasteiger partial charge in [-0.2, -0.15) is 11.3 Å². The van der Waals surface area contributed by atoms with Crippen molar-refractivity contribution in [3.63, 3.8) is 0 Å². The number of carbonyl (C=O) groups is 1. The summed E-state index contributed by atoms with van der Waals surface area (Å²) in [5.74, 6) is 1.10. The first-order valence-electron chi connectivity index (χ1n) is 8.16. The number of nitrogens with one attached hydrogen (secondary N) is 1. The Labute approximate surface area is 145 Å². The van der Waals surface area contributed by atoms with E-state index in [-0.39, 0.29) is 5.91 Å². The van der Waals surface area contributed by atoms with Crippen molar-refractivity contribution in [1.29, 1.82) is 0 Å². The lowest BCUT2D eigenvalue weighted by atomic mass is 9.91. The van der Waals surface area contributed by atoms with Crippen molar-refractivity contribution < 1.29 is 9.21 Å². The van der Waals surface area contributed by atoms with Gasteiger partial charge in [0.25, 0.3) is 5.91 Å². The van der Waals surface area contributed by atoms with Crippen molar-refractivity contribution in [2.45, 2.75) is 25.3 Å². The van der Waals surface area contributed by atoms with Gasteiger partial charge in [-0.25, -0.2) is 0 Å². The second kappa shape index (κ2) is 5.98. The lowest BCUT2D eigenvalue weighted by molar-refractivity contribution is 0.0828. The number of benzene rings is 1. The fourth-order valence-corrected chi connectivity index (χ4v) is 3.97. The van der Waals surface area contributed by atoms with E-state index in [9.17, 15) is 4.79 Å². The zero-order valence-electron chi connectivity index (χ0n) is 13.8. The Bertz CT molecular complexity index is 880. The molecular formula is C19H20N2O2S. The molecule has 2 aromatic heterocycles. The third kappa shape index (κ3) is 2.69. The molecule has 0 fully saturated rings. The Hall–Kier alpha value is -2.27. The summed E-state index contributed by atoms with van der Waals surface area (Å²) in [7, 11) is 3.55. The van der Waals surface area contributed by atoms with Crippen LogP contribution in [0.15, 0.2) is 39.4 Å². The minimum atomic E-state index is 0.0237. The summed E-state index contributed by atoms with van der Waals surface area (Å²) in [6.45, 7) is 0. The quantitative estimate of drug-likeness (QED) is 0.778. The molecule has 1 atom stereocenters. The molecular weight excluding hydrogens is 320 g/mol. The molecule has 2 heterocycles. The van der Waals surface area contributed by atoms with Gasteiger partial charge in [0, 0.05) is 54.1 Å². The Kier molecular flexibility index (Phi) is 3.81. The van der Waals surface area contributed by atoms with Gasteiger partial charge in [-0.15, -0.1) is 0 Å². The number of hydrogen-bond acceptors (Lipinski definition) is 4. The number of carbonyl (C=O) groups excluding carboxylic acids is 1. The first-order valence-corrected chi connectivity index (χ1v) is 9.11. The summed E-state index contributed by atoms with van der Waals surface area (Å²) >= 11 is 1.70. The molecule has 0 aliphatic heterocycles. The van der Waals surface area contributed by atoms with Gasteiger partial charge >= 0.3 is 0 Å². The molecule has 124 valence electrons. The predicted octanol–water partition coefficient (Wildman–Crippen LogP) is 4.17. The average molecular weight is 340 g/mol. The summed E-state index contributed by atoms with van der Waals surface area (Å²) in [6, 6.07) is 8.27. The number of furan rings is 1. The Morgan fingerprint density at radius 2 is 2.21 bits per heavy atom. The van der Waals surface area contributed by atoms with Crippen LogP contribution in [-0.4, -0.2) is 30.9 Å². The van der Waals surface area contributed by atoms with Gasteiger partial charge in [0.2, 0.25) is 0 Å². The molecule has 5 heteroatoms. The highest BCUT2D eigenvalue weighted by Crippen LogP contribution is 2.33. The van der Waals surface area contributed by atoms with Crippen molar-refractivity contribution >= 4 is 33.9 Å². The van der Waals surface area contributed by atoms with Gasteiger partial charge < -0.3 is 14.6 Å². The smallest absolute Gasteiger partial charge is 0.253 e. The van der Waals surface area contributed by atoms with E-state index in [1.165, 1.54) is 11.3 Å². The van der Waals surface area contributed by atoms with Crippen molar-refractivity contribution in [2.24, 2.45) is 0 Å². The third-order valence-electron chi connectivity index (χ3n) is 4.59. The summed E-state index contributed by atoms with van der Waals surface area (Å²) in [6.07, 6.45) is 2.92. The van der Waals surface area contributed by atoms with Gasteiger partial charge in [0.1, 0.15) is 11.3 Å². The summed E-state index contributed by atoms with van der Waals surface area (Å²) in [4.78, 5) is 13.8. The van der Waals surface area contributed by atoms with E-state index >= 15 is 0 Å². The number of amides is 1. The van der Waals surface area contributed by atoms with E-state index < -0.39 is 0 Å². The fraction of sp³-hybridized carbons (Fsp3) is 0.316. The van der Waals surface area contributed by atoms with Crippen LogP contribution in [0.1, 0.15) is 28.1 Å². The number of aryl methyl sites for hydroxylation is 1. The summed E-state index contributed by atoms with van der Waals surface area (Å²) < 4.78 is 6.02. The normalized spacial score (nSPS) is 16.8. The first kappa shape index (κ1) is 15.3. The van der Waals surface area contributed by atoms with Crippen molar-refractivity contribution in [3.8, 4) is 0 Å². The Balaban J connectivity index is 1.66. The van der Waals surface area contributed by atoms with Crippen LogP contribution in [0, 0.1) is 0 Å². The lowest BCUT2D eigenvalue weighted by Gasteiger charge is -2.23. The van der Waals surface area contributed by atoms with Crippen molar-refractivity contribution in [2.75, 3.05) is 19.4 Å². The minimum Gasteiger partial charge on any atom is -0.461 e. The van der Waals surface area contributed by atoms with Gasteiger partial charge in [0.05, 0.1) is 0 Å². The monoisotopic (exact) mass is 340 g/mol. The number of fused-ring (bicyclic) bond motifs is 3. The third-order valence-corrected chi connectivity index (χ3v) is 5.27. The predicted molar refractivity (Wildman–Crippen MR) is 98.0 cm³/mol. The largest absolute Gasteiger partial charge is 0.461 e. The standard InChI is InChI=1S/C19H20N2O2S/c1-21(2)19(22)12-3-5-17-15(9-12)16-10-13(4-6-18(16)23-17)20-14-7-8-24-11-14/h3,5,7-9,11,13,20H,4,6,10H2,1-2H3. The Morgan fingerprint density at radius 1 is 1.33 bits per heavy atom. The molecule has 1 N–H and O–H groups in total. The summed E-state index contributed by atoms with van der Waals surface area (Å²) in [5.41, 5.74) is 4.03. The second-order valence-corrected chi connectivity index (χ2v) is 7.29. The molecule has 1 aliphatic rings. The topological polar surface area (TPSA) is 45.5 Å². The highest BCUT2D eigenvalue weighted by atomic mass is 32.1. The van der Waals surface area contributed by atoms with Crippen LogP contribution in [0.25, 0.3) is 11.0 Å². The van der Waals surface area contributed by atoms with Gasteiger partial charge in [-0.3, -0.25) is 4.79 Å². The molecule has 1 aromatic carbocycles. The maximum atomic E-state index is 12.2. The molecule has 4 rings (SSSR count). The van der Waals surface area contributed by atoms with E-state index in [1.54, 1.807) is 30.3 Å². The van der Waals surface area contributed by atoms with Crippen molar-refractivity contribution in [3.05, 3.63) is 51.9 Å². The van der Waals surface area contributed by atoms with Crippen LogP contribution in [0.4, 0.5) is 5.69 Å². The second-order valence-electron chi connectivity index (χ2n) is 6.51. The molecule has 0 saturated heterocycles. The van der Waals surface area contributed by atoms with Gasteiger partial charge in [0.15, 0.2) is 0 Å². The van der Waals surface area contributed by atoms with Crippen LogP contribution in [-0.2, 0) is 12.8 Å². The number of anilines is 1. The maximum absolute atomic E-state index is 12.2. The number of nitrogens with zero attached hydrogens (tertiary/aromatic N) is 1.